The van der Waals surface area contributed by atoms with Crippen molar-refractivity contribution in [1.82, 2.24) is 15.1 Å². The summed E-state index contributed by atoms with van der Waals surface area (Å²) in [6, 6.07) is 0.165. The van der Waals surface area contributed by atoms with Crippen LogP contribution in [0.3, 0.4) is 0 Å². The Morgan fingerprint density at radius 2 is 2.08 bits per heavy atom. The van der Waals surface area contributed by atoms with Crippen LogP contribution in [-0.2, 0) is 11.0 Å². The maximum atomic E-state index is 12.7. The van der Waals surface area contributed by atoms with Gasteiger partial charge in [0, 0.05) is 11.7 Å². The number of nitrogens with zero attached hydrogens (tertiary/aromatic N) is 3. The van der Waals surface area contributed by atoms with Gasteiger partial charge in [0.05, 0.1) is 0 Å². The second kappa shape index (κ2) is 6.83. The smallest absolute Gasteiger partial charge is 0.445 e. The van der Waals surface area contributed by atoms with E-state index in [1.807, 2.05) is 0 Å². The Balaban J connectivity index is 1.67. The largest absolute Gasteiger partial charge is 0.459 e. The minimum atomic E-state index is -4.56. The van der Waals surface area contributed by atoms with E-state index in [9.17, 15) is 18.0 Å². The fourth-order valence-electron chi connectivity index (χ4n) is 3.55. The first-order valence-corrected chi connectivity index (χ1v) is 9.43. The molecule has 1 atom stereocenters. The molecule has 9 heteroatoms. The number of allylic oxidation sites excluding steroid dienone is 2. The summed E-state index contributed by atoms with van der Waals surface area (Å²) in [6.45, 7) is 6.16. The number of aromatic nitrogens is 2. The summed E-state index contributed by atoms with van der Waals surface area (Å²) in [7, 11) is 0. The highest BCUT2D eigenvalue weighted by molar-refractivity contribution is 7.13. The number of hydrogen-bond donors (Lipinski definition) is 0. The number of ether oxygens (including phenoxy) is 1. The zero-order valence-corrected chi connectivity index (χ0v) is 15.8. The molecule has 1 aromatic heterocycles. The average molecular weight is 389 g/mol. The molecule has 1 aromatic rings. The number of halogens is 3. The standard InChI is InChI=1S/C17H22F3N3O2S/c1-10-6-12(8-16(2,3)7-10)23(11-4-5-11)13(24)9-25-15-22-21-14(26-15)17(18,19)20/h6,10-11H,4-5,7-9H2,1-3H3. The van der Waals surface area contributed by atoms with Crippen LogP contribution in [-0.4, -0.2) is 33.7 Å². The van der Waals surface area contributed by atoms with Crippen LogP contribution in [0.5, 0.6) is 5.19 Å². The molecule has 0 aliphatic heterocycles. The van der Waals surface area contributed by atoms with Gasteiger partial charge in [0.15, 0.2) is 6.61 Å². The van der Waals surface area contributed by atoms with Gasteiger partial charge in [-0.1, -0.05) is 43.3 Å². The maximum Gasteiger partial charge on any atom is 0.445 e. The summed E-state index contributed by atoms with van der Waals surface area (Å²) in [5.74, 6) is 0.133. The third-order valence-electron chi connectivity index (χ3n) is 4.47. The van der Waals surface area contributed by atoms with Gasteiger partial charge >= 0.3 is 6.18 Å². The van der Waals surface area contributed by atoms with Gasteiger partial charge < -0.3 is 9.64 Å². The zero-order chi connectivity index (χ0) is 19.1. The van der Waals surface area contributed by atoms with Crippen LogP contribution in [0.2, 0.25) is 0 Å². The third-order valence-corrected chi connectivity index (χ3v) is 5.35. The molecule has 3 rings (SSSR count). The summed E-state index contributed by atoms with van der Waals surface area (Å²) >= 11 is 0.298. The highest BCUT2D eigenvalue weighted by atomic mass is 32.1. The lowest BCUT2D eigenvalue weighted by molar-refractivity contribution is -0.138. The van der Waals surface area contributed by atoms with Crippen LogP contribution in [0.4, 0.5) is 13.2 Å². The van der Waals surface area contributed by atoms with E-state index in [0.29, 0.717) is 17.3 Å². The summed E-state index contributed by atoms with van der Waals surface area (Å²) in [5.41, 5.74) is 1.11. The molecule has 1 amide bonds. The highest BCUT2D eigenvalue weighted by Gasteiger charge is 2.39. The van der Waals surface area contributed by atoms with Gasteiger partial charge in [-0.25, -0.2) is 0 Å². The van der Waals surface area contributed by atoms with Gasteiger partial charge in [0.25, 0.3) is 11.1 Å². The van der Waals surface area contributed by atoms with Gasteiger partial charge in [-0.3, -0.25) is 4.79 Å². The fourth-order valence-corrected chi connectivity index (χ4v) is 4.11. The van der Waals surface area contributed by atoms with Gasteiger partial charge in [0.2, 0.25) is 5.01 Å². The first kappa shape index (κ1) is 19.1. The van der Waals surface area contributed by atoms with E-state index in [1.54, 1.807) is 4.90 Å². The molecule has 0 radical (unpaired) electrons. The molecule has 2 aliphatic rings. The van der Waals surface area contributed by atoms with Crippen LogP contribution in [0.15, 0.2) is 11.8 Å². The maximum absolute atomic E-state index is 12.7. The van der Waals surface area contributed by atoms with Crippen LogP contribution < -0.4 is 4.74 Å². The van der Waals surface area contributed by atoms with Gasteiger partial charge in [-0.2, -0.15) is 13.2 Å². The molecule has 1 heterocycles. The summed E-state index contributed by atoms with van der Waals surface area (Å²) in [5, 5.41) is 5.10. The molecule has 1 saturated carbocycles. The van der Waals surface area contributed by atoms with E-state index < -0.39 is 11.2 Å². The summed E-state index contributed by atoms with van der Waals surface area (Å²) in [6.07, 6.45) is 1.32. The predicted molar refractivity (Wildman–Crippen MR) is 90.5 cm³/mol. The molecule has 2 aliphatic carbocycles. The van der Waals surface area contributed by atoms with Crippen molar-refractivity contribution in [2.75, 3.05) is 6.61 Å². The molecule has 0 aromatic carbocycles. The Labute approximate surface area is 154 Å². The number of rotatable bonds is 5. The number of hydrogen-bond acceptors (Lipinski definition) is 5. The average Bonchev–Trinajstić information content (AvgIpc) is 3.18. The lowest BCUT2D eigenvalue weighted by atomic mass is 9.75. The third kappa shape index (κ3) is 4.55. The molecule has 5 nitrogen and oxygen atoms in total. The zero-order valence-electron chi connectivity index (χ0n) is 15.0. The Morgan fingerprint density at radius 1 is 1.38 bits per heavy atom. The Morgan fingerprint density at radius 3 is 2.62 bits per heavy atom. The van der Waals surface area contributed by atoms with Crippen molar-refractivity contribution in [1.29, 1.82) is 0 Å². The van der Waals surface area contributed by atoms with Gasteiger partial charge in [-0.15, -0.1) is 5.10 Å². The van der Waals surface area contributed by atoms with E-state index in [0.717, 1.165) is 31.4 Å². The van der Waals surface area contributed by atoms with Crippen molar-refractivity contribution in [2.45, 2.75) is 58.7 Å². The van der Waals surface area contributed by atoms with Crippen LogP contribution in [0.1, 0.15) is 51.5 Å². The molecule has 0 bridgehead atoms. The summed E-state index contributed by atoms with van der Waals surface area (Å²) < 4.78 is 42.9. The van der Waals surface area contributed by atoms with E-state index in [2.05, 4.69) is 37.0 Å². The van der Waals surface area contributed by atoms with E-state index in [1.165, 1.54) is 0 Å². The summed E-state index contributed by atoms with van der Waals surface area (Å²) in [4.78, 5) is 14.5. The van der Waals surface area contributed by atoms with Gasteiger partial charge in [-0.05, 0) is 37.0 Å². The predicted octanol–water partition coefficient (Wildman–Crippen LogP) is 4.27. The molecule has 1 fully saturated rings. The topological polar surface area (TPSA) is 55.3 Å². The van der Waals surface area contributed by atoms with Crippen LogP contribution in [0.25, 0.3) is 0 Å². The fraction of sp³-hybridized carbons (Fsp3) is 0.706. The van der Waals surface area contributed by atoms with E-state index in [-0.39, 0.29) is 29.2 Å². The van der Waals surface area contributed by atoms with Crippen LogP contribution in [0, 0.1) is 11.3 Å². The normalized spacial score (nSPS) is 22.7. The van der Waals surface area contributed by atoms with Crippen LogP contribution >= 0.6 is 11.3 Å². The van der Waals surface area contributed by atoms with Crippen molar-refractivity contribution >= 4 is 17.2 Å². The van der Waals surface area contributed by atoms with Crippen molar-refractivity contribution in [3.05, 3.63) is 16.8 Å². The molecular formula is C17H22F3N3O2S. The second-order valence-electron chi connectivity index (χ2n) is 7.83. The Kier molecular flexibility index (Phi) is 5.02. The minimum Gasteiger partial charge on any atom is -0.459 e. The molecular weight excluding hydrogens is 367 g/mol. The van der Waals surface area contributed by atoms with E-state index in [4.69, 9.17) is 4.74 Å². The molecule has 26 heavy (non-hydrogen) atoms. The molecule has 144 valence electrons. The molecule has 1 unspecified atom stereocenters. The Hall–Kier alpha value is -1.64. The second-order valence-corrected chi connectivity index (χ2v) is 8.77. The molecule has 0 N–H and O–H groups in total. The van der Waals surface area contributed by atoms with Crippen molar-refractivity contribution < 1.29 is 22.7 Å². The number of carbonyl (C=O) groups excluding carboxylic acids is 1. The number of alkyl halides is 3. The van der Waals surface area contributed by atoms with Crippen molar-refractivity contribution in [2.24, 2.45) is 11.3 Å². The monoisotopic (exact) mass is 389 g/mol. The minimum absolute atomic E-state index is 0.110. The molecule has 0 saturated heterocycles. The SMILES string of the molecule is CC1C=C(N(C(=O)COc2nnc(C(F)(F)F)s2)C2CC2)CC(C)(C)C1. The lowest BCUT2D eigenvalue weighted by Gasteiger charge is -2.37. The van der Waals surface area contributed by atoms with E-state index >= 15 is 0 Å². The lowest BCUT2D eigenvalue weighted by Crippen LogP contribution is -2.39. The number of amides is 1. The van der Waals surface area contributed by atoms with Crippen molar-refractivity contribution in [3.8, 4) is 5.19 Å². The van der Waals surface area contributed by atoms with Gasteiger partial charge in [0.1, 0.15) is 0 Å². The molecule has 0 spiro atoms. The Bertz CT molecular complexity index is 710. The first-order chi connectivity index (χ1) is 12.0. The number of carbonyl (C=O) groups is 1. The van der Waals surface area contributed by atoms with Crippen molar-refractivity contribution in [3.63, 3.8) is 0 Å². The first-order valence-electron chi connectivity index (χ1n) is 8.61. The highest BCUT2D eigenvalue weighted by Crippen LogP contribution is 2.42. The quantitative estimate of drug-likeness (QED) is 0.755.